The summed E-state index contributed by atoms with van der Waals surface area (Å²) in [5, 5.41) is 23.1. The third-order valence-corrected chi connectivity index (χ3v) is 5.59. The molecule has 1 saturated heterocycles. The summed E-state index contributed by atoms with van der Waals surface area (Å²) in [5.41, 5.74) is 2.32. The number of nitrogens with zero attached hydrogens (tertiary/aromatic N) is 5. The van der Waals surface area contributed by atoms with Gasteiger partial charge in [0.25, 0.3) is 5.56 Å². The molecule has 0 saturated carbocycles. The topological polar surface area (TPSA) is 109 Å². The van der Waals surface area contributed by atoms with E-state index in [-0.39, 0.29) is 11.7 Å². The minimum Gasteiger partial charge on any atom is -0.393 e. The van der Waals surface area contributed by atoms with Gasteiger partial charge in [0.2, 0.25) is 0 Å². The highest BCUT2D eigenvalue weighted by molar-refractivity contribution is 5.82. The zero-order valence-electron chi connectivity index (χ0n) is 16.7. The number of aliphatic hydroxyl groups is 1. The van der Waals surface area contributed by atoms with Crippen LogP contribution in [0.2, 0.25) is 0 Å². The van der Waals surface area contributed by atoms with Gasteiger partial charge in [0, 0.05) is 25.8 Å². The zero-order chi connectivity index (χ0) is 20.4. The standard InChI is InChI=1S/C20H26N6O3/c1-13-4-3-5-14-12-16(20(28)21-17(13)14)18(25-8-6-15(27)7-9-25)19-22-23-24-26(19)10-11-29-2/h3-5,12,15,18,27H,6-11H2,1-2H3,(H,21,28)/t18-/m0/s1. The van der Waals surface area contributed by atoms with Crippen molar-refractivity contribution in [3.05, 3.63) is 51.6 Å². The van der Waals surface area contributed by atoms with E-state index in [2.05, 4.69) is 25.4 Å². The van der Waals surface area contributed by atoms with Gasteiger partial charge >= 0.3 is 0 Å². The van der Waals surface area contributed by atoms with Gasteiger partial charge in [-0.25, -0.2) is 4.68 Å². The average Bonchev–Trinajstić information content (AvgIpc) is 3.17. The second-order valence-electron chi connectivity index (χ2n) is 7.52. The van der Waals surface area contributed by atoms with Crippen LogP contribution in [0.5, 0.6) is 0 Å². The molecule has 3 aromatic rings. The fourth-order valence-electron chi connectivity index (χ4n) is 3.99. The zero-order valence-corrected chi connectivity index (χ0v) is 16.7. The Balaban J connectivity index is 1.83. The fraction of sp³-hybridized carbons (Fsp3) is 0.500. The normalized spacial score (nSPS) is 17.1. The van der Waals surface area contributed by atoms with Crippen LogP contribution in [0, 0.1) is 6.92 Å². The fourth-order valence-corrected chi connectivity index (χ4v) is 3.99. The number of aryl methyl sites for hydroxylation is 1. The number of aromatic nitrogens is 5. The summed E-state index contributed by atoms with van der Waals surface area (Å²) in [5.74, 6) is 0.607. The number of pyridine rings is 1. The van der Waals surface area contributed by atoms with Crippen LogP contribution in [-0.2, 0) is 11.3 Å². The molecule has 1 aliphatic rings. The minimum atomic E-state index is -0.400. The van der Waals surface area contributed by atoms with Crippen molar-refractivity contribution >= 4 is 10.9 Å². The predicted octanol–water partition coefficient (Wildman–Crippen LogP) is 1.02. The first-order chi connectivity index (χ1) is 14.1. The van der Waals surface area contributed by atoms with E-state index in [0.29, 0.717) is 50.5 Å². The number of ether oxygens (including phenoxy) is 1. The number of benzene rings is 1. The van der Waals surface area contributed by atoms with Crippen molar-refractivity contribution in [2.45, 2.75) is 38.5 Å². The van der Waals surface area contributed by atoms with Crippen molar-refractivity contribution in [1.29, 1.82) is 0 Å². The number of methoxy groups -OCH3 is 1. The van der Waals surface area contributed by atoms with Crippen LogP contribution in [0.15, 0.2) is 29.1 Å². The van der Waals surface area contributed by atoms with Gasteiger partial charge in [-0.15, -0.1) is 5.10 Å². The number of hydrogen-bond donors (Lipinski definition) is 2. The molecule has 1 aromatic carbocycles. The van der Waals surface area contributed by atoms with Crippen molar-refractivity contribution < 1.29 is 9.84 Å². The summed E-state index contributed by atoms with van der Waals surface area (Å²) in [6.07, 6.45) is 0.996. The number of H-pyrrole nitrogens is 1. The molecule has 9 heteroatoms. The quantitative estimate of drug-likeness (QED) is 0.638. The van der Waals surface area contributed by atoms with Gasteiger partial charge in [-0.2, -0.15) is 0 Å². The van der Waals surface area contributed by atoms with E-state index >= 15 is 0 Å². The number of aliphatic hydroxyl groups excluding tert-OH is 1. The van der Waals surface area contributed by atoms with Crippen LogP contribution in [-0.4, -0.2) is 68.1 Å². The molecule has 2 aromatic heterocycles. The van der Waals surface area contributed by atoms with E-state index in [1.807, 2.05) is 31.2 Å². The number of rotatable bonds is 6. The second-order valence-corrected chi connectivity index (χ2v) is 7.52. The van der Waals surface area contributed by atoms with Crippen molar-refractivity contribution in [2.75, 3.05) is 26.8 Å². The van der Waals surface area contributed by atoms with Crippen LogP contribution in [0.4, 0.5) is 0 Å². The lowest BCUT2D eigenvalue weighted by molar-refractivity contribution is 0.0654. The van der Waals surface area contributed by atoms with Crippen LogP contribution in [0.3, 0.4) is 0 Å². The van der Waals surface area contributed by atoms with Gasteiger partial charge in [-0.1, -0.05) is 18.2 Å². The Hall–Kier alpha value is -2.62. The SMILES string of the molecule is COCCn1nnnc1[C@H](c1cc2cccc(C)c2[nH]c1=O)N1CCC(O)CC1. The Labute approximate surface area is 168 Å². The lowest BCUT2D eigenvalue weighted by Gasteiger charge is -2.35. The molecule has 0 aliphatic carbocycles. The second kappa shape index (κ2) is 8.40. The molecular formula is C20H26N6O3. The maximum atomic E-state index is 13.1. The van der Waals surface area contributed by atoms with Crippen LogP contribution in [0.25, 0.3) is 10.9 Å². The highest BCUT2D eigenvalue weighted by Crippen LogP contribution is 2.29. The van der Waals surface area contributed by atoms with Gasteiger partial charge in [0.05, 0.1) is 24.8 Å². The molecule has 1 atom stereocenters. The molecule has 9 nitrogen and oxygen atoms in total. The molecule has 0 amide bonds. The molecule has 0 spiro atoms. The lowest BCUT2D eigenvalue weighted by Crippen LogP contribution is -2.41. The summed E-state index contributed by atoms with van der Waals surface area (Å²) in [6, 6.07) is 7.49. The van der Waals surface area contributed by atoms with E-state index in [1.165, 1.54) is 0 Å². The summed E-state index contributed by atoms with van der Waals surface area (Å²) in [6.45, 7) is 4.27. The Morgan fingerprint density at radius 1 is 1.34 bits per heavy atom. The van der Waals surface area contributed by atoms with Crippen molar-refractivity contribution in [1.82, 2.24) is 30.1 Å². The minimum absolute atomic E-state index is 0.149. The smallest absolute Gasteiger partial charge is 0.253 e. The molecule has 2 N–H and O–H groups in total. The Kier molecular flexibility index (Phi) is 5.70. The Morgan fingerprint density at radius 2 is 2.14 bits per heavy atom. The number of likely N-dealkylation sites (tertiary alicyclic amines) is 1. The summed E-state index contributed by atoms with van der Waals surface area (Å²) < 4.78 is 6.87. The monoisotopic (exact) mass is 398 g/mol. The van der Waals surface area contributed by atoms with Gasteiger partial charge in [0.1, 0.15) is 6.04 Å². The molecule has 0 bridgehead atoms. The average molecular weight is 398 g/mol. The first kappa shape index (κ1) is 19.7. The number of piperidine rings is 1. The molecule has 29 heavy (non-hydrogen) atoms. The van der Waals surface area contributed by atoms with Crippen molar-refractivity contribution in [2.24, 2.45) is 0 Å². The van der Waals surface area contributed by atoms with E-state index in [1.54, 1.807) is 11.8 Å². The van der Waals surface area contributed by atoms with Crippen LogP contribution in [0.1, 0.15) is 35.8 Å². The molecule has 154 valence electrons. The Morgan fingerprint density at radius 3 is 2.90 bits per heavy atom. The molecule has 4 rings (SSSR count). The third-order valence-electron chi connectivity index (χ3n) is 5.59. The van der Waals surface area contributed by atoms with E-state index < -0.39 is 6.04 Å². The number of tetrazole rings is 1. The Bertz CT molecular complexity index is 1040. The number of aromatic amines is 1. The van der Waals surface area contributed by atoms with Crippen molar-refractivity contribution in [3.8, 4) is 0 Å². The summed E-state index contributed by atoms with van der Waals surface area (Å²) in [4.78, 5) is 18.3. The highest BCUT2D eigenvalue weighted by atomic mass is 16.5. The van der Waals surface area contributed by atoms with E-state index in [0.717, 1.165) is 16.5 Å². The predicted molar refractivity (Wildman–Crippen MR) is 108 cm³/mol. The summed E-state index contributed by atoms with van der Waals surface area (Å²) in [7, 11) is 1.63. The molecule has 0 unspecified atom stereocenters. The lowest BCUT2D eigenvalue weighted by atomic mass is 9.99. The molecular weight excluding hydrogens is 372 g/mol. The van der Waals surface area contributed by atoms with Crippen LogP contribution >= 0.6 is 0 Å². The van der Waals surface area contributed by atoms with Gasteiger partial charge in [-0.05, 0) is 47.2 Å². The van der Waals surface area contributed by atoms with Crippen molar-refractivity contribution in [3.63, 3.8) is 0 Å². The van der Waals surface area contributed by atoms with E-state index in [4.69, 9.17) is 4.74 Å². The molecule has 1 fully saturated rings. The maximum absolute atomic E-state index is 13.1. The summed E-state index contributed by atoms with van der Waals surface area (Å²) >= 11 is 0. The van der Waals surface area contributed by atoms with Gasteiger partial charge in [0.15, 0.2) is 5.82 Å². The van der Waals surface area contributed by atoms with Gasteiger partial charge < -0.3 is 14.8 Å². The molecule has 1 aliphatic heterocycles. The first-order valence-corrected chi connectivity index (χ1v) is 9.88. The third kappa shape index (κ3) is 3.93. The highest BCUT2D eigenvalue weighted by Gasteiger charge is 2.32. The first-order valence-electron chi connectivity index (χ1n) is 9.88. The van der Waals surface area contributed by atoms with Crippen LogP contribution < -0.4 is 5.56 Å². The van der Waals surface area contributed by atoms with E-state index in [9.17, 15) is 9.90 Å². The molecule has 0 radical (unpaired) electrons. The maximum Gasteiger partial charge on any atom is 0.253 e. The number of nitrogens with one attached hydrogen (secondary N) is 1. The molecule has 3 heterocycles. The number of para-hydroxylation sites is 1. The van der Waals surface area contributed by atoms with Gasteiger partial charge in [-0.3, -0.25) is 9.69 Å². The number of fused-ring (bicyclic) bond motifs is 1. The number of hydrogen-bond acceptors (Lipinski definition) is 7. The largest absolute Gasteiger partial charge is 0.393 e.